The van der Waals surface area contributed by atoms with E-state index >= 15 is 0 Å². The lowest BCUT2D eigenvalue weighted by Gasteiger charge is -2.25. The molecule has 0 spiro atoms. The fourth-order valence-electron chi connectivity index (χ4n) is 2.17. The minimum absolute atomic E-state index is 0.357. The summed E-state index contributed by atoms with van der Waals surface area (Å²) in [5, 5.41) is 0. The van der Waals surface area contributed by atoms with Gasteiger partial charge >= 0.3 is 0 Å². The van der Waals surface area contributed by atoms with Crippen LogP contribution in [0.15, 0.2) is 48.5 Å². The number of nitrogens with zero attached hydrogens (tertiary/aromatic N) is 1. The molecule has 0 N–H and O–H groups in total. The van der Waals surface area contributed by atoms with Crippen LogP contribution in [0, 0.1) is 13.8 Å². The van der Waals surface area contributed by atoms with E-state index in [2.05, 4.69) is 0 Å². The third-order valence-corrected chi connectivity index (χ3v) is 4.49. The summed E-state index contributed by atoms with van der Waals surface area (Å²) in [5.41, 5.74) is 3.79. The van der Waals surface area contributed by atoms with Crippen LogP contribution in [0.5, 0.6) is 0 Å². The summed E-state index contributed by atoms with van der Waals surface area (Å²) in [5.74, 6) is 0. The van der Waals surface area contributed by atoms with E-state index in [9.17, 15) is 8.42 Å². The van der Waals surface area contributed by atoms with Gasteiger partial charge in [-0.25, -0.2) is 8.42 Å². The zero-order valence-corrected chi connectivity index (χ0v) is 12.8. The minimum Gasteiger partial charge on any atom is -0.266 e. The van der Waals surface area contributed by atoms with Crippen molar-refractivity contribution in [2.24, 2.45) is 0 Å². The van der Waals surface area contributed by atoms with Crippen LogP contribution in [0.1, 0.15) is 16.7 Å². The summed E-state index contributed by atoms with van der Waals surface area (Å²) in [6, 6.07) is 15.4. The van der Waals surface area contributed by atoms with Gasteiger partial charge in [0.05, 0.1) is 18.5 Å². The third-order valence-electron chi connectivity index (χ3n) is 3.36. The van der Waals surface area contributed by atoms with Gasteiger partial charge in [0.25, 0.3) is 0 Å². The van der Waals surface area contributed by atoms with Crippen molar-refractivity contribution in [3.63, 3.8) is 0 Å². The molecule has 0 aliphatic rings. The molecule has 2 aromatic carbocycles. The fourth-order valence-corrected chi connectivity index (χ4v) is 3.10. The van der Waals surface area contributed by atoms with E-state index in [0.717, 1.165) is 22.4 Å². The summed E-state index contributed by atoms with van der Waals surface area (Å²) in [7, 11) is -3.32. The predicted octanol–water partition coefficient (Wildman–Crippen LogP) is 3.27. The van der Waals surface area contributed by atoms with Gasteiger partial charge in [-0.1, -0.05) is 42.5 Å². The average Bonchev–Trinajstić information content (AvgIpc) is 2.38. The summed E-state index contributed by atoms with van der Waals surface area (Å²) >= 11 is 0. The molecule has 0 radical (unpaired) electrons. The number of para-hydroxylation sites is 1. The Balaban J connectivity index is 2.46. The van der Waals surface area contributed by atoms with Crippen molar-refractivity contribution in [3.05, 3.63) is 65.2 Å². The molecule has 0 saturated heterocycles. The Kier molecular flexibility index (Phi) is 4.14. The smallest absolute Gasteiger partial charge is 0.232 e. The Morgan fingerprint density at radius 1 is 0.900 bits per heavy atom. The first-order chi connectivity index (χ1) is 9.39. The number of anilines is 1. The molecule has 0 aliphatic carbocycles. The maximum Gasteiger partial charge on any atom is 0.232 e. The fraction of sp³-hybridized carbons (Fsp3) is 0.250. The summed E-state index contributed by atoms with van der Waals surface area (Å²) in [6.45, 7) is 4.27. The Morgan fingerprint density at radius 2 is 1.45 bits per heavy atom. The van der Waals surface area contributed by atoms with Gasteiger partial charge in [-0.2, -0.15) is 0 Å². The zero-order chi connectivity index (χ0) is 14.8. The first-order valence-corrected chi connectivity index (χ1v) is 8.32. The Labute approximate surface area is 120 Å². The van der Waals surface area contributed by atoms with E-state index in [1.165, 1.54) is 10.6 Å². The lowest BCUT2D eigenvalue weighted by Crippen LogP contribution is -2.30. The molecule has 2 rings (SSSR count). The van der Waals surface area contributed by atoms with Crippen molar-refractivity contribution in [2.75, 3.05) is 10.6 Å². The quantitative estimate of drug-likeness (QED) is 0.866. The molecule has 0 heterocycles. The molecular formula is C16H19NO2S. The average molecular weight is 289 g/mol. The third kappa shape index (κ3) is 3.20. The van der Waals surface area contributed by atoms with Crippen LogP contribution in [-0.4, -0.2) is 14.7 Å². The van der Waals surface area contributed by atoms with Gasteiger partial charge in [0.1, 0.15) is 0 Å². The molecule has 0 fully saturated rings. The molecule has 106 valence electrons. The number of rotatable bonds is 4. The van der Waals surface area contributed by atoms with E-state index < -0.39 is 10.0 Å². The standard InChI is InChI=1S/C16H19NO2S/c1-13-8-4-6-10-15(13)12-17(20(3,18)19)16-11-7-5-9-14(16)2/h4-11H,12H2,1-3H3. The molecule has 2 aromatic rings. The highest BCUT2D eigenvalue weighted by Gasteiger charge is 2.19. The van der Waals surface area contributed by atoms with E-state index in [-0.39, 0.29) is 0 Å². The van der Waals surface area contributed by atoms with Gasteiger partial charge in [0, 0.05) is 0 Å². The Hall–Kier alpha value is -1.81. The van der Waals surface area contributed by atoms with Gasteiger partial charge < -0.3 is 0 Å². The largest absolute Gasteiger partial charge is 0.266 e. The summed E-state index contributed by atoms with van der Waals surface area (Å²) in [4.78, 5) is 0. The number of sulfonamides is 1. The molecule has 0 aromatic heterocycles. The molecule has 20 heavy (non-hydrogen) atoms. The molecule has 0 unspecified atom stereocenters. The second-order valence-corrected chi connectivity index (χ2v) is 6.89. The topological polar surface area (TPSA) is 37.4 Å². The van der Waals surface area contributed by atoms with Crippen LogP contribution in [-0.2, 0) is 16.6 Å². The number of aryl methyl sites for hydroxylation is 2. The molecule has 4 heteroatoms. The van der Waals surface area contributed by atoms with Gasteiger partial charge in [0.15, 0.2) is 0 Å². The summed E-state index contributed by atoms with van der Waals surface area (Å²) < 4.78 is 25.7. The predicted molar refractivity (Wildman–Crippen MR) is 83.4 cm³/mol. The lowest BCUT2D eigenvalue weighted by molar-refractivity contribution is 0.596. The van der Waals surface area contributed by atoms with Crippen molar-refractivity contribution in [2.45, 2.75) is 20.4 Å². The molecule has 0 aliphatic heterocycles. The SMILES string of the molecule is Cc1ccccc1CN(c1ccccc1C)S(C)(=O)=O. The second kappa shape index (κ2) is 5.67. The van der Waals surface area contributed by atoms with Crippen LogP contribution in [0.4, 0.5) is 5.69 Å². The van der Waals surface area contributed by atoms with Crippen LogP contribution < -0.4 is 4.31 Å². The van der Waals surface area contributed by atoms with E-state index in [0.29, 0.717) is 6.54 Å². The lowest BCUT2D eigenvalue weighted by atomic mass is 10.1. The highest BCUT2D eigenvalue weighted by Crippen LogP contribution is 2.25. The monoisotopic (exact) mass is 289 g/mol. The van der Waals surface area contributed by atoms with Gasteiger partial charge in [-0.3, -0.25) is 4.31 Å². The van der Waals surface area contributed by atoms with Gasteiger partial charge in [-0.05, 0) is 36.6 Å². The first-order valence-electron chi connectivity index (χ1n) is 6.47. The van der Waals surface area contributed by atoms with Crippen molar-refractivity contribution in [1.29, 1.82) is 0 Å². The molecule has 3 nitrogen and oxygen atoms in total. The van der Waals surface area contributed by atoms with Crippen LogP contribution in [0.25, 0.3) is 0 Å². The van der Waals surface area contributed by atoms with Crippen LogP contribution in [0.2, 0.25) is 0 Å². The molecule has 0 bridgehead atoms. The highest BCUT2D eigenvalue weighted by atomic mass is 32.2. The Morgan fingerprint density at radius 3 is 2.00 bits per heavy atom. The van der Waals surface area contributed by atoms with Crippen LogP contribution in [0.3, 0.4) is 0 Å². The molecule has 0 amide bonds. The highest BCUT2D eigenvalue weighted by molar-refractivity contribution is 7.92. The number of hydrogen-bond acceptors (Lipinski definition) is 2. The first kappa shape index (κ1) is 14.6. The second-order valence-electron chi connectivity index (χ2n) is 4.98. The van der Waals surface area contributed by atoms with Crippen LogP contribution >= 0.6 is 0 Å². The zero-order valence-electron chi connectivity index (χ0n) is 12.0. The van der Waals surface area contributed by atoms with Crippen molar-refractivity contribution >= 4 is 15.7 Å². The molecule has 0 atom stereocenters. The number of benzene rings is 2. The van der Waals surface area contributed by atoms with Crippen molar-refractivity contribution in [1.82, 2.24) is 0 Å². The van der Waals surface area contributed by atoms with Gasteiger partial charge in [-0.15, -0.1) is 0 Å². The molecular weight excluding hydrogens is 270 g/mol. The summed E-state index contributed by atoms with van der Waals surface area (Å²) in [6.07, 6.45) is 1.25. The van der Waals surface area contributed by atoms with Crippen molar-refractivity contribution < 1.29 is 8.42 Å². The Bertz CT molecular complexity index is 708. The maximum atomic E-state index is 12.1. The number of hydrogen-bond donors (Lipinski definition) is 0. The van der Waals surface area contributed by atoms with E-state index in [1.54, 1.807) is 0 Å². The maximum absolute atomic E-state index is 12.1. The molecule has 0 saturated carbocycles. The van der Waals surface area contributed by atoms with E-state index in [4.69, 9.17) is 0 Å². The van der Waals surface area contributed by atoms with Crippen molar-refractivity contribution in [3.8, 4) is 0 Å². The minimum atomic E-state index is -3.32. The van der Waals surface area contributed by atoms with E-state index in [1.807, 2.05) is 62.4 Å². The van der Waals surface area contributed by atoms with Gasteiger partial charge in [0.2, 0.25) is 10.0 Å². The normalized spacial score (nSPS) is 11.3.